The molecule has 2 N–H and O–H groups in total. The summed E-state index contributed by atoms with van der Waals surface area (Å²) in [6.07, 6.45) is 3.49. The van der Waals surface area contributed by atoms with E-state index in [9.17, 15) is 19.5 Å². The van der Waals surface area contributed by atoms with E-state index in [-0.39, 0.29) is 12.5 Å². The summed E-state index contributed by atoms with van der Waals surface area (Å²) in [7, 11) is 0. The number of hydrogen-bond acceptors (Lipinski definition) is 5. The Kier molecular flexibility index (Phi) is 6.36. The Labute approximate surface area is 145 Å². The Morgan fingerprint density at radius 3 is 2.50 bits per heavy atom. The van der Waals surface area contributed by atoms with Crippen LogP contribution in [-0.4, -0.2) is 29.6 Å². The number of carboxylic acids is 1. The van der Waals surface area contributed by atoms with Gasteiger partial charge in [0.25, 0.3) is 0 Å². The van der Waals surface area contributed by atoms with Crippen LogP contribution in [0.5, 0.6) is 0 Å². The van der Waals surface area contributed by atoms with Crippen molar-refractivity contribution < 1.29 is 24.2 Å². The van der Waals surface area contributed by atoms with Gasteiger partial charge < -0.3 is 15.2 Å². The molecular formula is C17H23NO5S. The lowest BCUT2D eigenvalue weighted by atomic mass is 9.79. The highest BCUT2D eigenvalue weighted by Gasteiger charge is 2.36. The van der Waals surface area contributed by atoms with Crippen LogP contribution < -0.4 is 5.32 Å². The van der Waals surface area contributed by atoms with Crippen LogP contribution in [0.4, 0.5) is 5.00 Å². The molecular weight excluding hydrogens is 330 g/mol. The Morgan fingerprint density at radius 2 is 1.92 bits per heavy atom. The number of hydrogen-bond donors (Lipinski definition) is 2. The normalized spacial score (nSPS) is 20.4. The van der Waals surface area contributed by atoms with Crippen molar-refractivity contribution in [3.05, 3.63) is 16.5 Å². The maximum atomic E-state index is 12.6. The van der Waals surface area contributed by atoms with Crippen molar-refractivity contribution in [1.29, 1.82) is 0 Å². The summed E-state index contributed by atoms with van der Waals surface area (Å²) in [5, 5.41) is 12.6. The fourth-order valence-electron chi connectivity index (χ4n) is 3.01. The van der Waals surface area contributed by atoms with E-state index in [0.717, 1.165) is 24.1 Å². The van der Waals surface area contributed by atoms with Crippen LogP contribution in [0.2, 0.25) is 0 Å². The molecule has 6 nitrogen and oxygen atoms in total. The van der Waals surface area contributed by atoms with Crippen LogP contribution in [-0.2, 0) is 20.7 Å². The van der Waals surface area contributed by atoms with Crippen molar-refractivity contribution in [3.63, 3.8) is 0 Å². The fraction of sp³-hybridized carbons (Fsp3) is 0.588. The molecule has 2 rings (SSSR count). The minimum absolute atomic E-state index is 0.257. The number of aliphatic carboxylic acids is 1. The SMILES string of the molecule is CCOC(=O)c1cc(CC)sc1NC(=O)[C@@H]1CCCC[C@@H]1C(=O)O. The van der Waals surface area contributed by atoms with Crippen molar-refractivity contribution in [2.45, 2.75) is 46.0 Å². The van der Waals surface area contributed by atoms with Crippen molar-refractivity contribution in [1.82, 2.24) is 0 Å². The lowest BCUT2D eigenvalue weighted by molar-refractivity contribution is -0.147. The molecule has 1 aromatic rings. The first-order chi connectivity index (χ1) is 11.5. The topological polar surface area (TPSA) is 92.7 Å². The molecule has 0 saturated heterocycles. The number of anilines is 1. The highest BCUT2D eigenvalue weighted by Crippen LogP contribution is 2.34. The molecule has 132 valence electrons. The summed E-state index contributed by atoms with van der Waals surface area (Å²) >= 11 is 1.34. The fourth-order valence-corrected chi connectivity index (χ4v) is 4.00. The third-order valence-corrected chi connectivity index (χ3v) is 5.48. The zero-order chi connectivity index (χ0) is 17.7. The van der Waals surface area contributed by atoms with Gasteiger partial charge in [-0.3, -0.25) is 9.59 Å². The van der Waals surface area contributed by atoms with E-state index in [2.05, 4.69) is 5.32 Å². The number of carboxylic acid groups (broad SMARTS) is 1. The Bertz CT molecular complexity index is 624. The lowest BCUT2D eigenvalue weighted by Gasteiger charge is -2.27. The van der Waals surface area contributed by atoms with Crippen molar-refractivity contribution in [2.75, 3.05) is 11.9 Å². The number of aryl methyl sites for hydroxylation is 1. The smallest absolute Gasteiger partial charge is 0.341 e. The highest BCUT2D eigenvalue weighted by atomic mass is 32.1. The van der Waals surface area contributed by atoms with Gasteiger partial charge in [0.05, 0.1) is 24.0 Å². The first-order valence-corrected chi connectivity index (χ1v) is 9.13. The maximum Gasteiger partial charge on any atom is 0.341 e. The monoisotopic (exact) mass is 353 g/mol. The maximum absolute atomic E-state index is 12.6. The van der Waals surface area contributed by atoms with Gasteiger partial charge in [-0.25, -0.2) is 4.79 Å². The molecule has 1 saturated carbocycles. The molecule has 0 unspecified atom stereocenters. The molecule has 0 radical (unpaired) electrons. The van der Waals surface area contributed by atoms with Gasteiger partial charge >= 0.3 is 11.9 Å². The highest BCUT2D eigenvalue weighted by molar-refractivity contribution is 7.16. The predicted molar refractivity (Wildman–Crippen MR) is 91.4 cm³/mol. The number of carbonyl (C=O) groups is 3. The van der Waals surface area contributed by atoms with Gasteiger partial charge in [0.2, 0.25) is 5.91 Å². The standard InChI is InChI=1S/C17H23NO5S/c1-3-10-9-13(17(22)23-4-2)15(24-10)18-14(19)11-7-5-6-8-12(11)16(20)21/h9,11-12H,3-8H2,1-2H3,(H,18,19)(H,20,21)/t11-,12+/m1/s1. The lowest BCUT2D eigenvalue weighted by Crippen LogP contribution is -2.36. The summed E-state index contributed by atoms with van der Waals surface area (Å²) in [6, 6.07) is 1.73. The van der Waals surface area contributed by atoms with Gasteiger partial charge in [-0.2, -0.15) is 0 Å². The number of thiophene rings is 1. The van der Waals surface area contributed by atoms with Crippen molar-refractivity contribution in [2.24, 2.45) is 11.8 Å². The molecule has 0 spiro atoms. The molecule has 24 heavy (non-hydrogen) atoms. The summed E-state index contributed by atoms with van der Waals surface area (Å²) in [6.45, 7) is 3.95. The molecule has 0 aromatic carbocycles. The van der Waals surface area contributed by atoms with Gasteiger partial charge in [-0.1, -0.05) is 19.8 Å². The van der Waals surface area contributed by atoms with Gasteiger partial charge in [0, 0.05) is 4.88 Å². The molecule has 0 bridgehead atoms. The number of carbonyl (C=O) groups excluding carboxylic acids is 2. The number of ether oxygens (including phenoxy) is 1. The molecule has 1 aliphatic rings. The third-order valence-electron chi connectivity index (χ3n) is 4.28. The third kappa shape index (κ3) is 4.14. The van der Waals surface area contributed by atoms with Gasteiger partial charge in [0.1, 0.15) is 5.00 Å². The number of esters is 1. The van der Waals surface area contributed by atoms with Gasteiger partial charge in [0.15, 0.2) is 0 Å². The van der Waals surface area contributed by atoms with Crippen LogP contribution in [0.1, 0.15) is 54.8 Å². The molecule has 2 atom stereocenters. The van der Waals surface area contributed by atoms with E-state index in [1.54, 1.807) is 13.0 Å². The summed E-state index contributed by atoms with van der Waals surface area (Å²) in [4.78, 5) is 37.0. The Morgan fingerprint density at radius 1 is 1.25 bits per heavy atom. The van der Waals surface area contributed by atoms with E-state index in [1.807, 2.05) is 6.92 Å². The molecule has 1 amide bonds. The molecule has 1 aliphatic carbocycles. The average Bonchev–Trinajstić information content (AvgIpc) is 2.98. The first-order valence-electron chi connectivity index (χ1n) is 8.31. The van der Waals surface area contributed by atoms with Crippen molar-refractivity contribution in [3.8, 4) is 0 Å². The summed E-state index contributed by atoms with van der Waals surface area (Å²) in [5.41, 5.74) is 0.342. The van der Waals surface area contributed by atoms with E-state index >= 15 is 0 Å². The molecule has 1 fully saturated rings. The molecule has 7 heteroatoms. The second kappa shape index (κ2) is 8.28. The summed E-state index contributed by atoms with van der Waals surface area (Å²) in [5.74, 6) is -2.94. The zero-order valence-electron chi connectivity index (χ0n) is 14.0. The Balaban J connectivity index is 2.19. The van der Waals surface area contributed by atoms with Crippen LogP contribution in [0.3, 0.4) is 0 Å². The van der Waals surface area contributed by atoms with Crippen LogP contribution in [0.15, 0.2) is 6.07 Å². The Hall–Kier alpha value is -1.89. The van der Waals surface area contributed by atoms with Crippen LogP contribution in [0.25, 0.3) is 0 Å². The van der Waals surface area contributed by atoms with Crippen molar-refractivity contribution >= 4 is 34.2 Å². The minimum atomic E-state index is -0.930. The second-order valence-corrected chi connectivity index (χ2v) is 6.99. The van der Waals surface area contributed by atoms with Crippen LogP contribution in [0, 0.1) is 11.8 Å². The summed E-state index contributed by atoms with van der Waals surface area (Å²) < 4.78 is 5.04. The minimum Gasteiger partial charge on any atom is -0.481 e. The predicted octanol–water partition coefficient (Wildman–Crippen LogP) is 3.32. The number of rotatable bonds is 6. The zero-order valence-corrected chi connectivity index (χ0v) is 14.8. The molecule has 0 aliphatic heterocycles. The van der Waals surface area contributed by atoms with E-state index < -0.39 is 23.8 Å². The van der Waals surface area contributed by atoms with Gasteiger partial charge in [-0.05, 0) is 32.3 Å². The van der Waals surface area contributed by atoms with Gasteiger partial charge in [-0.15, -0.1) is 11.3 Å². The van der Waals surface area contributed by atoms with Crippen LogP contribution >= 0.6 is 11.3 Å². The van der Waals surface area contributed by atoms with E-state index in [4.69, 9.17) is 4.74 Å². The van der Waals surface area contributed by atoms with E-state index in [0.29, 0.717) is 23.4 Å². The average molecular weight is 353 g/mol. The second-order valence-electron chi connectivity index (χ2n) is 5.85. The molecule has 1 heterocycles. The van der Waals surface area contributed by atoms with E-state index in [1.165, 1.54) is 11.3 Å². The molecule has 1 aromatic heterocycles. The number of amides is 1. The quantitative estimate of drug-likeness (QED) is 0.765. The largest absolute Gasteiger partial charge is 0.481 e. The number of nitrogens with one attached hydrogen (secondary N) is 1. The first kappa shape index (κ1) is 18.4.